The maximum Gasteiger partial charge on any atom is 0.228 e. The number of anilines is 2. The van der Waals surface area contributed by atoms with Gasteiger partial charge in [0.2, 0.25) is 17.7 Å². The van der Waals surface area contributed by atoms with E-state index in [4.69, 9.17) is 0 Å². The topological polar surface area (TPSA) is 69.7 Å². The van der Waals surface area contributed by atoms with Crippen LogP contribution in [0.4, 0.5) is 11.4 Å². The van der Waals surface area contributed by atoms with E-state index >= 15 is 0 Å². The first-order chi connectivity index (χ1) is 15.5. The molecule has 2 aliphatic heterocycles. The Labute approximate surface area is 189 Å². The number of hydrogen-bond donors (Lipinski definition) is 1. The lowest BCUT2D eigenvalue weighted by atomic mass is 9.94. The van der Waals surface area contributed by atoms with Crippen LogP contribution >= 0.6 is 0 Å². The average molecular weight is 434 g/mol. The zero-order valence-electron chi connectivity index (χ0n) is 18.8. The van der Waals surface area contributed by atoms with Crippen molar-refractivity contribution in [2.75, 3.05) is 29.9 Å². The van der Waals surface area contributed by atoms with E-state index in [0.29, 0.717) is 32.5 Å². The number of hydrogen-bond acceptors (Lipinski definition) is 3. The molecular weight excluding hydrogens is 402 g/mol. The summed E-state index contributed by atoms with van der Waals surface area (Å²) in [6, 6.07) is 15.7. The van der Waals surface area contributed by atoms with Gasteiger partial charge in [0, 0.05) is 43.3 Å². The minimum atomic E-state index is -0.314. The largest absolute Gasteiger partial charge is 0.342 e. The predicted octanol–water partition coefficient (Wildman–Crippen LogP) is 3.79. The number of aryl methyl sites for hydroxylation is 2. The molecule has 1 unspecified atom stereocenters. The highest BCUT2D eigenvalue weighted by Gasteiger charge is 2.38. The van der Waals surface area contributed by atoms with Crippen LogP contribution in [-0.2, 0) is 20.8 Å². The third-order valence-electron chi connectivity index (χ3n) is 6.65. The normalized spacial score (nSPS) is 19.3. The molecule has 0 aromatic heterocycles. The van der Waals surface area contributed by atoms with Gasteiger partial charge < -0.3 is 15.1 Å². The van der Waals surface area contributed by atoms with Gasteiger partial charge in [-0.1, -0.05) is 42.8 Å². The molecule has 3 amide bonds. The molecule has 4 rings (SSSR count). The van der Waals surface area contributed by atoms with Gasteiger partial charge in [-0.05, 0) is 49.9 Å². The summed E-state index contributed by atoms with van der Waals surface area (Å²) in [4.78, 5) is 41.9. The molecule has 2 saturated heterocycles. The highest BCUT2D eigenvalue weighted by atomic mass is 16.2. The van der Waals surface area contributed by atoms with Crippen LogP contribution in [0.5, 0.6) is 0 Å². The molecule has 0 bridgehead atoms. The highest BCUT2D eigenvalue weighted by molar-refractivity contribution is 6.00. The fourth-order valence-corrected chi connectivity index (χ4v) is 4.65. The average Bonchev–Trinajstić information content (AvgIpc) is 3.21. The van der Waals surface area contributed by atoms with Crippen molar-refractivity contribution in [2.45, 2.75) is 39.5 Å². The van der Waals surface area contributed by atoms with E-state index in [2.05, 4.69) is 12.2 Å². The number of likely N-dealkylation sites (tertiary alicyclic amines) is 1. The SMILES string of the molecule is CCc1ccccc1NC(=O)C1CCN(C(=O)C2CC(=O)N(c3ccc(C)cc3)C2)CC1. The van der Waals surface area contributed by atoms with Crippen molar-refractivity contribution in [3.05, 3.63) is 59.7 Å². The second-order valence-electron chi connectivity index (χ2n) is 8.84. The minimum Gasteiger partial charge on any atom is -0.342 e. The van der Waals surface area contributed by atoms with Crippen LogP contribution in [0, 0.1) is 18.8 Å². The van der Waals surface area contributed by atoms with Crippen LogP contribution in [0.2, 0.25) is 0 Å². The standard InChI is InChI=1S/C26H31N3O3/c1-3-19-6-4-5-7-23(19)27-25(31)20-12-14-28(15-13-20)26(32)21-16-24(30)29(17-21)22-10-8-18(2)9-11-22/h4-11,20-21H,3,12-17H2,1-2H3,(H,27,31). The zero-order chi connectivity index (χ0) is 22.7. The van der Waals surface area contributed by atoms with Crippen molar-refractivity contribution in [1.29, 1.82) is 0 Å². The molecule has 6 heteroatoms. The summed E-state index contributed by atoms with van der Waals surface area (Å²) >= 11 is 0. The molecule has 2 fully saturated rings. The molecular formula is C26H31N3O3. The third-order valence-corrected chi connectivity index (χ3v) is 6.65. The van der Waals surface area contributed by atoms with Gasteiger partial charge in [-0.25, -0.2) is 0 Å². The van der Waals surface area contributed by atoms with Gasteiger partial charge in [0.25, 0.3) is 0 Å². The van der Waals surface area contributed by atoms with E-state index in [9.17, 15) is 14.4 Å². The molecule has 1 atom stereocenters. The summed E-state index contributed by atoms with van der Waals surface area (Å²) in [5.74, 6) is -0.359. The Bertz CT molecular complexity index is 994. The Kier molecular flexibility index (Phi) is 6.58. The molecule has 2 heterocycles. The summed E-state index contributed by atoms with van der Waals surface area (Å²) in [6.07, 6.45) is 2.41. The number of nitrogens with zero attached hydrogens (tertiary/aromatic N) is 2. The van der Waals surface area contributed by atoms with Gasteiger partial charge in [0.05, 0.1) is 5.92 Å². The minimum absolute atomic E-state index is 0.00365. The van der Waals surface area contributed by atoms with E-state index in [0.717, 1.165) is 28.9 Å². The fraction of sp³-hybridized carbons (Fsp3) is 0.423. The molecule has 6 nitrogen and oxygen atoms in total. The second kappa shape index (κ2) is 9.55. The van der Waals surface area contributed by atoms with Gasteiger partial charge in [-0.2, -0.15) is 0 Å². The van der Waals surface area contributed by atoms with Crippen molar-refractivity contribution in [1.82, 2.24) is 4.90 Å². The molecule has 32 heavy (non-hydrogen) atoms. The number of rotatable bonds is 5. The van der Waals surface area contributed by atoms with E-state index in [1.165, 1.54) is 0 Å². The molecule has 0 saturated carbocycles. The molecule has 2 aromatic rings. The van der Waals surface area contributed by atoms with Crippen molar-refractivity contribution in [3.63, 3.8) is 0 Å². The van der Waals surface area contributed by atoms with Crippen molar-refractivity contribution in [2.24, 2.45) is 11.8 Å². The Morgan fingerprint density at radius 1 is 1.00 bits per heavy atom. The van der Waals surface area contributed by atoms with E-state index < -0.39 is 0 Å². The number of carbonyl (C=O) groups is 3. The quantitative estimate of drug-likeness (QED) is 0.780. The molecule has 0 spiro atoms. The van der Waals surface area contributed by atoms with E-state index in [-0.39, 0.29) is 36.0 Å². The first-order valence-electron chi connectivity index (χ1n) is 11.5. The van der Waals surface area contributed by atoms with Crippen molar-refractivity contribution < 1.29 is 14.4 Å². The van der Waals surface area contributed by atoms with Gasteiger partial charge in [-0.15, -0.1) is 0 Å². The van der Waals surface area contributed by atoms with Crippen LogP contribution in [-0.4, -0.2) is 42.3 Å². The van der Waals surface area contributed by atoms with Crippen LogP contribution in [0.3, 0.4) is 0 Å². The lowest BCUT2D eigenvalue weighted by Gasteiger charge is -2.33. The highest BCUT2D eigenvalue weighted by Crippen LogP contribution is 2.28. The lowest BCUT2D eigenvalue weighted by molar-refractivity contribution is -0.138. The summed E-state index contributed by atoms with van der Waals surface area (Å²) < 4.78 is 0. The summed E-state index contributed by atoms with van der Waals surface area (Å²) in [5.41, 5.74) is 3.98. The van der Waals surface area contributed by atoms with Crippen LogP contribution < -0.4 is 10.2 Å². The Morgan fingerprint density at radius 3 is 2.38 bits per heavy atom. The van der Waals surface area contributed by atoms with Crippen LogP contribution in [0.25, 0.3) is 0 Å². The van der Waals surface area contributed by atoms with Gasteiger partial charge >= 0.3 is 0 Å². The van der Waals surface area contributed by atoms with E-state index in [1.807, 2.05) is 60.4 Å². The van der Waals surface area contributed by atoms with Crippen molar-refractivity contribution in [3.8, 4) is 0 Å². The van der Waals surface area contributed by atoms with E-state index in [1.54, 1.807) is 4.90 Å². The molecule has 2 aromatic carbocycles. The molecule has 2 aliphatic rings. The molecule has 0 radical (unpaired) electrons. The lowest BCUT2D eigenvalue weighted by Crippen LogP contribution is -2.44. The molecule has 1 N–H and O–H groups in total. The third kappa shape index (κ3) is 4.69. The summed E-state index contributed by atoms with van der Waals surface area (Å²) in [5, 5.41) is 3.07. The first kappa shape index (κ1) is 22.1. The van der Waals surface area contributed by atoms with Gasteiger partial charge in [0.15, 0.2) is 0 Å². The number of carbonyl (C=O) groups excluding carboxylic acids is 3. The Morgan fingerprint density at radius 2 is 1.69 bits per heavy atom. The number of piperidine rings is 1. The Balaban J connectivity index is 1.31. The number of amides is 3. The zero-order valence-corrected chi connectivity index (χ0v) is 18.8. The summed E-state index contributed by atoms with van der Waals surface area (Å²) in [6.45, 7) is 5.62. The Hall–Kier alpha value is -3.15. The predicted molar refractivity (Wildman–Crippen MR) is 125 cm³/mol. The van der Waals surface area contributed by atoms with Crippen LogP contribution in [0.1, 0.15) is 37.3 Å². The van der Waals surface area contributed by atoms with Gasteiger partial charge in [0.1, 0.15) is 0 Å². The first-order valence-corrected chi connectivity index (χ1v) is 11.5. The summed E-state index contributed by atoms with van der Waals surface area (Å²) in [7, 11) is 0. The molecule has 168 valence electrons. The molecule has 0 aliphatic carbocycles. The smallest absolute Gasteiger partial charge is 0.228 e. The van der Waals surface area contributed by atoms with Crippen LogP contribution in [0.15, 0.2) is 48.5 Å². The monoisotopic (exact) mass is 433 g/mol. The fourth-order valence-electron chi connectivity index (χ4n) is 4.65. The second-order valence-corrected chi connectivity index (χ2v) is 8.84. The number of nitrogens with one attached hydrogen (secondary N) is 1. The van der Waals surface area contributed by atoms with Crippen molar-refractivity contribution >= 4 is 29.1 Å². The maximum atomic E-state index is 13.1. The number of benzene rings is 2. The number of para-hydroxylation sites is 1. The maximum absolute atomic E-state index is 13.1. The van der Waals surface area contributed by atoms with Gasteiger partial charge in [-0.3, -0.25) is 14.4 Å².